The summed E-state index contributed by atoms with van der Waals surface area (Å²) in [6.07, 6.45) is 2.63. The number of carboxylic acids is 1. The maximum atomic E-state index is 10.7. The normalized spacial score (nSPS) is 16.6. The van der Waals surface area contributed by atoms with E-state index in [1.807, 2.05) is 12.1 Å². The first-order valence-corrected chi connectivity index (χ1v) is 6.37. The molecule has 0 aliphatic heterocycles. The lowest BCUT2D eigenvalue weighted by atomic mass is 10.2. The number of hydrogen-bond acceptors (Lipinski definition) is 3. The van der Waals surface area contributed by atoms with Crippen LogP contribution >= 0.6 is 0 Å². The molecule has 0 amide bonds. The van der Waals surface area contributed by atoms with Crippen molar-refractivity contribution >= 4 is 11.7 Å². The van der Waals surface area contributed by atoms with Crippen molar-refractivity contribution in [1.82, 2.24) is 4.90 Å². The summed E-state index contributed by atoms with van der Waals surface area (Å²) < 4.78 is 0. The first-order chi connectivity index (χ1) is 8.58. The minimum Gasteiger partial charge on any atom is -0.478 e. The lowest BCUT2D eigenvalue weighted by Crippen LogP contribution is -2.36. The molecule has 1 saturated carbocycles. The van der Waals surface area contributed by atoms with Gasteiger partial charge in [0, 0.05) is 24.3 Å². The van der Waals surface area contributed by atoms with Gasteiger partial charge in [0.1, 0.15) is 0 Å². The van der Waals surface area contributed by atoms with Gasteiger partial charge in [-0.05, 0) is 51.1 Å². The monoisotopic (exact) mass is 248 g/mol. The second-order valence-corrected chi connectivity index (χ2v) is 5.01. The van der Waals surface area contributed by atoms with E-state index < -0.39 is 5.97 Å². The Morgan fingerprint density at radius 3 is 2.56 bits per heavy atom. The molecule has 1 fully saturated rings. The highest BCUT2D eigenvalue weighted by atomic mass is 16.4. The molecule has 0 spiro atoms. The molecule has 1 aliphatic rings. The van der Waals surface area contributed by atoms with Crippen molar-refractivity contribution in [1.29, 1.82) is 0 Å². The largest absolute Gasteiger partial charge is 0.478 e. The van der Waals surface area contributed by atoms with Crippen molar-refractivity contribution in [3.05, 3.63) is 29.8 Å². The van der Waals surface area contributed by atoms with Crippen molar-refractivity contribution in [2.24, 2.45) is 0 Å². The minimum atomic E-state index is -0.886. The molecule has 1 unspecified atom stereocenters. The van der Waals surface area contributed by atoms with E-state index in [1.165, 1.54) is 12.8 Å². The van der Waals surface area contributed by atoms with Gasteiger partial charge in [0.05, 0.1) is 5.56 Å². The molecule has 98 valence electrons. The summed E-state index contributed by atoms with van der Waals surface area (Å²) in [5.74, 6) is -0.886. The minimum absolute atomic E-state index is 0.323. The van der Waals surface area contributed by atoms with Crippen LogP contribution in [0.4, 0.5) is 5.69 Å². The Hall–Kier alpha value is -1.55. The summed E-state index contributed by atoms with van der Waals surface area (Å²) in [5, 5.41) is 12.1. The summed E-state index contributed by atoms with van der Waals surface area (Å²) in [7, 11) is 2.16. The van der Waals surface area contributed by atoms with E-state index >= 15 is 0 Å². The molecule has 1 aromatic carbocycles. The van der Waals surface area contributed by atoms with Gasteiger partial charge < -0.3 is 10.4 Å². The molecule has 1 aromatic rings. The molecular formula is C14H20N2O2. The fourth-order valence-corrected chi connectivity index (χ4v) is 1.98. The molecule has 2 rings (SSSR count). The Balaban J connectivity index is 1.83. The van der Waals surface area contributed by atoms with Crippen LogP contribution in [0, 0.1) is 0 Å². The van der Waals surface area contributed by atoms with Crippen LogP contribution in [0.15, 0.2) is 24.3 Å². The van der Waals surface area contributed by atoms with Crippen molar-refractivity contribution < 1.29 is 9.90 Å². The van der Waals surface area contributed by atoms with E-state index in [0.29, 0.717) is 11.6 Å². The smallest absolute Gasteiger partial charge is 0.335 e. The van der Waals surface area contributed by atoms with Gasteiger partial charge in [-0.3, -0.25) is 4.90 Å². The first kappa shape index (κ1) is 12.9. The predicted molar refractivity (Wildman–Crippen MR) is 72.1 cm³/mol. The molecule has 0 saturated heterocycles. The van der Waals surface area contributed by atoms with Crippen LogP contribution in [0.1, 0.15) is 30.1 Å². The fraction of sp³-hybridized carbons (Fsp3) is 0.500. The number of hydrogen-bond donors (Lipinski definition) is 2. The molecule has 1 atom stereocenters. The van der Waals surface area contributed by atoms with Crippen LogP contribution in [0.5, 0.6) is 0 Å². The summed E-state index contributed by atoms with van der Waals surface area (Å²) in [4.78, 5) is 13.1. The Morgan fingerprint density at radius 1 is 1.44 bits per heavy atom. The van der Waals surface area contributed by atoms with Crippen LogP contribution in [0.3, 0.4) is 0 Å². The molecule has 1 aliphatic carbocycles. The van der Waals surface area contributed by atoms with Gasteiger partial charge in [-0.2, -0.15) is 0 Å². The molecule has 18 heavy (non-hydrogen) atoms. The lowest BCUT2D eigenvalue weighted by molar-refractivity contribution is 0.0697. The maximum absolute atomic E-state index is 10.7. The zero-order chi connectivity index (χ0) is 13.1. The van der Waals surface area contributed by atoms with E-state index in [-0.39, 0.29) is 0 Å². The molecule has 0 aromatic heterocycles. The Morgan fingerprint density at radius 2 is 2.06 bits per heavy atom. The summed E-state index contributed by atoms with van der Waals surface area (Å²) in [6.45, 7) is 3.08. The molecule has 4 nitrogen and oxygen atoms in total. The van der Waals surface area contributed by atoms with Crippen LogP contribution < -0.4 is 5.32 Å². The fourth-order valence-electron chi connectivity index (χ4n) is 1.98. The molecular weight excluding hydrogens is 228 g/mol. The quantitative estimate of drug-likeness (QED) is 0.811. The molecule has 2 N–H and O–H groups in total. The van der Waals surface area contributed by atoms with Gasteiger partial charge in [-0.1, -0.05) is 0 Å². The number of carbonyl (C=O) groups is 1. The number of anilines is 1. The number of nitrogens with zero attached hydrogens (tertiary/aromatic N) is 1. The third kappa shape index (κ3) is 3.23. The van der Waals surface area contributed by atoms with E-state index in [0.717, 1.165) is 18.3 Å². The van der Waals surface area contributed by atoms with Gasteiger partial charge in [-0.15, -0.1) is 0 Å². The number of nitrogens with one attached hydrogen (secondary N) is 1. The number of carboxylic acid groups (broad SMARTS) is 1. The van der Waals surface area contributed by atoms with Crippen molar-refractivity contribution in [2.75, 3.05) is 18.9 Å². The second-order valence-electron chi connectivity index (χ2n) is 5.01. The Kier molecular flexibility index (Phi) is 3.87. The van der Waals surface area contributed by atoms with Gasteiger partial charge in [0.2, 0.25) is 0 Å². The number of likely N-dealkylation sites (N-methyl/N-ethyl adjacent to an activating group) is 1. The van der Waals surface area contributed by atoms with Gasteiger partial charge >= 0.3 is 5.97 Å². The Bertz CT molecular complexity index is 412. The highest BCUT2D eigenvalue weighted by Crippen LogP contribution is 2.26. The lowest BCUT2D eigenvalue weighted by Gasteiger charge is -2.25. The molecule has 0 radical (unpaired) electrons. The van der Waals surface area contributed by atoms with Crippen LogP contribution in [-0.2, 0) is 0 Å². The topological polar surface area (TPSA) is 52.6 Å². The summed E-state index contributed by atoms with van der Waals surface area (Å²) in [5.41, 5.74) is 1.29. The van der Waals surface area contributed by atoms with Gasteiger partial charge in [0.15, 0.2) is 0 Å². The zero-order valence-electron chi connectivity index (χ0n) is 10.9. The van der Waals surface area contributed by atoms with Gasteiger partial charge in [-0.25, -0.2) is 4.79 Å². The third-order valence-electron chi connectivity index (χ3n) is 3.55. The standard InChI is InChI=1S/C14H20N2O2/c1-10(16(2)13-7-8-13)9-15-12-5-3-11(4-6-12)14(17)18/h3-6,10,13,15H,7-9H2,1-2H3,(H,17,18). The van der Waals surface area contributed by atoms with Crippen LogP contribution in [0.25, 0.3) is 0 Å². The van der Waals surface area contributed by atoms with Gasteiger partial charge in [0.25, 0.3) is 0 Å². The Labute approximate surface area is 108 Å². The van der Waals surface area contributed by atoms with Crippen LogP contribution in [-0.4, -0.2) is 41.7 Å². The number of rotatable bonds is 6. The maximum Gasteiger partial charge on any atom is 0.335 e. The average Bonchev–Trinajstić information content (AvgIpc) is 3.19. The molecule has 4 heteroatoms. The summed E-state index contributed by atoms with van der Waals surface area (Å²) in [6, 6.07) is 8.12. The van der Waals surface area contributed by atoms with E-state index in [2.05, 4.69) is 24.2 Å². The van der Waals surface area contributed by atoms with Crippen molar-refractivity contribution in [3.63, 3.8) is 0 Å². The predicted octanol–water partition coefficient (Wildman–Crippen LogP) is 2.28. The van der Waals surface area contributed by atoms with Crippen LogP contribution in [0.2, 0.25) is 0 Å². The van der Waals surface area contributed by atoms with Crippen molar-refractivity contribution in [3.8, 4) is 0 Å². The summed E-state index contributed by atoms with van der Waals surface area (Å²) >= 11 is 0. The molecule has 0 bridgehead atoms. The van der Waals surface area contributed by atoms with E-state index in [4.69, 9.17) is 5.11 Å². The average molecular weight is 248 g/mol. The highest BCUT2D eigenvalue weighted by molar-refractivity contribution is 5.87. The van der Waals surface area contributed by atoms with Crippen molar-refractivity contribution in [2.45, 2.75) is 31.8 Å². The zero-order valence-corrected chi connectivity index (χ0v) is 10.9. The highest BCUT2D eigenvalue weighted by Gasteiger charge is 2.28. The SMILES string of the molecule is CC(CNc1ccc(C(=O)O)cc1)N(C)C1CC1. The van der Waals surface area contributed by atoms with E-state index in [1.54, 1.807) is 12.1 Å². The molecule has 0 heterocycles. The first-order valence-electron chi connectivity index (χ1n) is 6.37. The number of benzene rings is 1. The van der Waals surface area contributed by atoms with E-state index in [9.17, 15) is 4.79 Å². The third-order valence-corrected chi connectivity index (χ3v) is 3.55. The number of aromatic carboxylic acids is 1. The second kappa shape index (κ2) is 5.40.